The van der Waals surface area contributed by atoms with Crippen molar-refractivity contribution < 1.29 is 11.2 Å². The van der Waals surface area contributed by atoms with Crippen LogP contribution in [0.2, 0.25) is 0 Å². The van der Waals surface area contributed by atoms with E-state index in [1.807, 2.05) is 54.6 Å². The number of fused-ring (bicyclic) bond motifs is 1. The van der Waals surface area contributed by atoms with E-state index in [0.717, 1.165) is 11.1 Å². The molecule has 2 aromatic rings. The van der Waals surface area contributed by atoms with Gasteiger partial charge in [0.05, 0.1) is 6.10 Å². The molecule has 0 unspecified atom stereocenters. The van der Waals surface area contributed by atoms with Crippen molar-refractivity contribution in [1.29, 1.82) is 0 Å². The molecule has 1 aliphatic heterocycles. The monoisotopic (exact) mass is 227 g/mol. The number of ether oxygens (including phenoxy) is 1. The molecule has 17 heavy (non-hydrogen) atoms. The zero-order chi connectivity index (χ0) is 12.5. The summed E-state index contributed by atoms with van der Waals surface area (Å²) in [5.41, 5.74) is 1.65. The van der Waals surface area contributed by atoms with Crippen LogP contribution in [0.3, 0.4) is 0 Å². The predicted molar refractivity (Wildman–Crippen MR) is 66.0 cm³/mol. The fraction of sp³-hybridized carbons (Fsp3) is 0.200. The Kier molecular flexibility index (Phi) is 2.30. The lowest BCUT2D eigenvalue weighted by Crippen LogP contribution is -2.30. The second kappa shape index (κ2) is 4.22. The third-order valence-electron chi connectivity index (χ3n) is 2.96. The summed E-state index contributed by atoms with van der Waals surface area (Å²) >= 11 is 0. The summed E-state index contributed by atoms with van der Waals surface area (Å²) < 4.78 is 13.9. The Morgan fingerprint density at radius 3 is 2.59 bits per heavy atom. The fourth-order valence-electron chi connectivity index (χ4n) is 2.11. The van der Waals surface area contributed by atoms with Crippen molar-refractivity contribution in [3.8, 4) is 5.75 Å². The van der Waals surface area contributed by atoms with Crippen LogP contribution in [0.5, 0.6) is 5.75 Å². The average molecular weight is 227 g/mol. The van der Waals surface area contributed by atoms with Crippen LogP contribution in [0.15, 0.2) is 54.6 Å². The maximum absolute atomic E-state index is 10.2. The van der Waals surface area contributed by atoms with Crippen LogP contribution in [0.1, 0.15) is 18.6 Å². The third-order valence-corrected chi connectivity index (χ3v) is 2.96. The Bertz CT molecular complexity index is 541. The van der Waals surface area contributed by atoms with Gasteiger partial charge < -0.3 is 9.84 Å². The molecule has 0 spiro atoms. The molecule has 1 heterocycles. The average Bonchev–Trinajstić information content (AvgIpc) is 2.44. The second-order valence-corrected chi connectivity index (χ2v) is 4.14. The first-order chi connectivity index (χ1) is 8.77. The van der Waals surface area contributed by atoms with Crippen molar-refractivity contribution in [2.45, 2.75) is 18.6 Å². The van der Waals surface area contributed by atoms with Gasteiger partial charge in [-0.25, -0.2) is 0 Å². The zero-order valence-corrected chi connectivity index (χ0v) is 9.28. The Hall–Kier alpha value is -1.80. The molecule has 0 saturated carbocycles. The maximum Gasteiger partial charge on any atom is 0.150 e. The van der Waals surface area contributed by atoms with Crippen molar-refractivity contribution in [2.24, 2.45) is 0 Å². The van der Waals surface area contributed by atoms with Crippen LogP contribution in [-0.4, -0.2) is 11.2 Å². The Balaban J connectivity index is 2.01. The number of hydrogen-bond acceptors (Lipinski definition) is 2. The van der Waals surface area contributed by atoms with Crippen LogP contribution in [-0.2, 0) is 6.40 Å². The molecule has 0 aliphatic carbocycles. The smallest absolute Gasteiger partial charge is 0.150 e. The van der Waals surface area contributed by atoms with Crippen molar-refractivity contribution >= 4 is 0 Å². The minimum Gasteiger partial charge on any atom is -0.483 e. The SMILES string of the molecule is [2H][C@H]1c2ccccc2O[C@H](c2ccccc2)[C@H]1O. The summed E-state index contributed by atoms with van der Waals surface area (Å²) in [6.07, 6.45) is -1.98. The lowest BCUT2D eigenvalue weighted by molar-refractivity contribution is 0.0208. The highest BCUT2D eigenvalue weighted by Gasteiger charge is 2.29. The predicted octanol–water partition coefficient (Wildman–Crippen LogP) is 2.72. The van der Waals surface area contributed by atoms with Gasteiger partial charge in [-0.05, 0) is 17.2 Å². The van der Waals surface area contributed by atoms with E-state index in [0.29, 0.717) is 5.75 Å². The molecule has 0 saturated heterocycles. The van der Waals surface area contributed by atoms with Crippen molar-refractivity contribution in [3.63, 3.8) is 0 Å². The third kappa shape index (κ3) is 1.92. The highest BCUT2D eigenvalue weighted by atomic mass is 16.5. The van der Waals surface area contributed by atoms with E-state index in [2.05, 4.69) is 0 Å². The summed E-state index contributed by atoms with van der Waals surface area (Å²) in [6, 6.07) is 17.0. The maximum atomic E-state index is 10.2. The first kappa shape index (κ1) is 9.25. The van der Waals surface area contributed by atoms with Crippen LogP contribution in [0.25, 0.3) is 0 Å². The van der Waals surface area contributed by atoms with Gasteiger partial charge in [-0.3, -0.25) is 0 Å². The van der Waals surface area contributed by atoms with Crippen molar-refractivity contribution in [3.05, 3.63) is 65.7 Å². The molecule has 0 bridgehead atoms. The van der Waals surface area contributed by atoms with Gasteiger partial charge in [0, 0.05) is 7.77 Å². The highest BCUT2D eigenvalue weighted by Crippen LogP contribution is 2.34. The molecule has 0 fully saturated rings. The van der Waals surface area contributed by atoms with E-state index < -0.39 is 18.6 Å². The Labute approximate surface area is 102 Å². The van der Waals surface area contributed by atoms with Gasteiger partial charge in [-0.1, -0.05) is 48.5 Å². The number of para-hydroxylation sites is 1. The molecule has 0 aromatic heterocycles. The molecular weight excluding hydrogens is 212 g/mol. The van der Waals surface area contributed by atoms with E-state index in [4.69, 9.17) is 6.11 Å². The van der Waals surface area contributed by atoms with Crippen molar-refractivity contribution in [2.75, 3.05) is 0 Å². The second-order valence-electron chi connectivity index (χ2n) is 4.14. The summed E-state index contributed by atoms with van der Waals surface area (Å²) in [4.78, 5) is 0. The molecule has 0 amide bonds. The Morgan fingerprint density at radius 1 is 1.06 bits per heavy atom. The normalized spacial score (nSPS) is 27.8. The lowest BCUT2D eigenvalue weighted by Gasteiger charge is -2.30. The van der Waals surface area contributed by atoms with Gasteiger partial charge in [0.1, 0.15) is 11.9 Å². The summed E-state index contributed by atoms with van der Waals surface area (Å²) in [5, 5.41) is 10.2. The van der Waals surface area contributed by atoms with Crippen LogP contribution in [0.4, 0.5) is 0 Å². The molecule has 2 nitrogen and oxygen atoms in total. The molecule has 3 rings (SSSR count). The number of aliphatic hydroxyl groups excluding tert-OH is 1. The lowest BCUT2D eigenvalue weighted by atomic mass is 9.95. The van der Waals surface area contributed by atoms with E-state index >= 15 is 0 Å². The Morgan fingerprint density at radius 2 is 1.76 bits per heavy atom. The first-order valence-electron chi connectivity index (χ1n) is 6.26. The van der Waals surface area contributed by atoms with Crippen LogP contribution in [0, 0.1) is 0 Å². The molecule has 1 N–H and O–H groups in total. The largest absolute Gasteiger partial charge is 0.483 e. The van der Waals surface area contributed by atoms with E-state index in [1.165, 1.54) is 0 Å². The number of aliphatic hydroxyl groups is 1. The molecule has 86 valence electrons. The van der Waals surface area contributed by atoms with Gasteiger partial charge in [0.25, 0.3) is 0 Å². The minimum atomic E-state index is -0.845. The first-order valence-corrected chi connectivity index (χ1v) is 5.68. The van der Waals surface area contributed by atoms with Crippen LogP contribution >= 0.6 is 0 Å². The van der Waals surface area contributed by atoms with Gasteiger partial charge >= 0.3 is 0 Å². The quantitative estimate of drug-likeness (QED) is 0.811. The summed E-state index contributed by atoms with van der Waals surface area (Å²) in [5.74, 6) is 0.691. The van der Waals surface area contributed by atoms with E-state index in [1.54, 1.807) is 0 Å². The molecule has 3 atom stereocenters. The number of benzene rings is 2. The molecular formula is C15H14O2. The fourth-order valence-corrected chi connectivity index (χ4v) is 2.11. The topological polar surface area (TPSA) is 29.5 Å². The summed E-state index contributed by atoms with van der Waals surface area (Å²) in [6.45, 7) is 0. The zero-order valence-electron chi connectivity index (χ0n) is 10.3. The van der Waals surface area contributed by atoms with Gasteiger partial charge in [0.2, 0.25) is 0 Å². The minimum absolute atomic E-state index is 0.469. The van der Waals surface area contributed by atoms with Gasteiger partial charge in [0.15, 0.2) is 0 Å². The molecule has 1 aliphatic rings. The van der Waals surface area contributed by atoms with Crippen LogP contribution < -0.4 is 4.74 Å². The molecule has 2 heteroatoms. The highest BCUT2D eigenvalue weighted by molar-refractivity contribution is 5.37. The van der Waals surface area contributed by atoms with E-state index in [-0.39, 0.29) is 0 Å². The number of rotatable bonds is 1. The van der Waals surface area contributed by atoms with Gasteiger partial charge in [-0.2, -0.15) is 0 Å². The standard InChI is InChI=1S/C15H14O2/c16-13-10-12-8-4-5-9-14(12)17-15(13)11-6-2-1-3-7-11/h1-9,13,15-16H,10H2/t13-,15+/m0/s1/i10D/t10-,13-,15+. The molecule has 0 radical (unpaired) electrons. The molecule has 2 aromatic carbocycles. The summed E-state index contributed by atoms with van der Waals surface area (Å²) in [7, 11) is 0. The van der Waals surface area contributed by atoms with Gasteiger partial charge in [-0.15, -0.1) is 0 Å². The van der Waals surface area contributed by atoms with E-state index in [9.17, 15) is 5.11 Å². The number of hydrogen-bond donors (Lipinski definition) is 1. The van der Waals surface area contributed by atoms with Crippen molar-refractivity contribution in [1.82, 2.24) is 0 Å².